The molecule has 0 saturated heterocycles. The van der Waals surface area contributed by atoms with Crippen LogP contribution in [0.2, 0.25) is 0 Å². The second kappa shape index (κ2) is 8.12. The quantitative estimate of drug-likeness (QED) is 0.409. The van der Waals surface area contributed by atoms with E-state index in [2.05, 4.69) is 32.3 Å². The molecule has 0 aliphatic carbocycles. The molecule has 4 aromatic rings. The van der Waals surface area contributed by atoms with Crippen molar-refractivity contribution in [3.05, 3.63) is 87.3 Å². The Hall–Kier alpha value is -2.70. The van der Waals surface area contributed by atoms with Gasteiger partial charge in [-0.25, -0.2) is 4.98 Å². The van der Waals surface area contributed by atoms with Crippen LogP contribution in [0.5, 0.6) is 5.75 Å². The van der Waals surface area contributed by atoms with E-state index in [0.29, 0.717) is 11.3 Å². The molecule has 0 atom stereocenters. The van der Waals surface area contributed by atoms with E-state index in [1.54, 1.807) is 36.6 Å². The highest BCUT2D eigenvalue weighted by Gasteiger charge is 2.10. The van der Waals surface area contributed by atoms with Crippen LogP contribution in [0.3, 0.4) is 0 Å². The number of carbonyl (C=O) groups excluding carboxylic acids is 1. The van der Waals surface area contributed by atoms with Crippen LogP contribution in [0.15, 0.2) is 71.2 Å². The number of nitrogens with one attached hydrogen (secondary N) is 1. The molecule has 140 valence electrons. The molecule has 4 nitrogen and oxygen atoms in total. The van der Waals surface area contributed by atoms with Crippen molar-refractivity contribution in [3.8, 4) is 5.75 Å². The lowest BCUT2D eigenvalue weighted by molar-refractivity contribution is 0.102. The summed E-state index contributed by atoms with van der Waals surface area (Å²) < 4.78 is 7.14. The lowest BCUT2D eigenvalue weighted by Gasteiger charge is -2.08. The molecular weight excluding hydrogens is 436 g/mol. The Kier molecular flexibility index (Phi) is 5.41. The molecule has 0 saturated carbocycles. The van der Waals surface area contributed by atoms with Crippen LogP contribution >= 0.6 is 27.3 Å². The molecule has 0 fully saturated rings. The van der Waals surface area contributed by atoms with E-state index in [-0.39, 0.29) is 5.91 Å². The van der Waals surface area contributed by atoms with Gasteiger partial charge in [-0.1, -0.05) is 24.3 Å². The number of amides is 1. The maximum Gasteiger partial charge on any atom is 0.255 e. The van der Waals surface area contributed by atoms with Gasteiger partial charge in [0.1, 0.15) is 5.75 Å². The lowest BCUT2D eigenvalue weighted by Crippen LogP contribution is -2.11. The summed E-state index contributed by atoms with van der Waals surface area (Å²) in [7, 11) is 1.59. The zero-order chi connectivity index (χ0) is 19.5. The number of hydrogen-bond acceptors (Lipinski definition) is 4. The number of benzene rings is 3. The Balaban J connectivity index is 1.44. The first-order valence-electron chi connectivity index (χ1n) is 8.70. The summed E-state index contributed by atoms with van der Waals surface area (Å²) in [5.41, 5.74) is 3.51. The highest BCUT2D eigenvalue weighted by atomic mass is 79.9. The van der Waals surface area contributed by atoms with E-state index in [1.165, 1.54) is 4.70 Å². The molecule has 6 heteroatoms. The zero-order valence-electron chi connectivity index (χ0n) is 15.1. The molecule has 0 spiro atoms. The molecule has 0 aliphatic heterocycles. The fourth-order valence-corrected chi connectivity index (χ4v) is 4.43. The first-order chi connectivity index (χ1) is 13.6. The normalized spacial score (nSPS) is 10.8. The summed E-state index contributed by atoms with van der Waals surface area (Å²) in [4.78, 5) is 17.1. The monoisotopic (exact) mass is 452 g/mol. The van der Waals surface area contributed by atoms with E-state index >= 15 is 0 Å². The molecule has 1 N–H and O–H groups in total. The van der Waals surface area contributed by atoms with Crippen LogP contribution in [0.25, 0.3) is 10.2 Å². The Morgan fingerprint density at radius 2 is 1.89 bits per heavy atom. The van der Waals surface area contributed by atoms with E-state index in [4.69, 9.17) is 4.74 Å². The van der Waals surface area contributed by atoms with Gasteiger partial charge in [-0.3, -0.25) is 4.79 Å². The molecule has 0 unspecified atom stereocenters. The lowest BCUT2D eigenvalue weighted by atomic mass is 10.1. The van der Waals surface area contributed by atoms with Gasteiger partial charge in [0, 0.05) is 17.7 Å². The second-order valence-corrected chi connectivity index (χ2v) is 8.22. The van der Waals surface area contributed by atoms with Crippen molar-refractivity contribution in [2.24, 2.45) is 0 Å². The fraction of sp³-hybridized carbons (Fsp3) is 0.0909. The molecule has 3 aromatic carbocycles. The van der Waals surface area contributed by atoms with Gasteiger partial charge in [0.05, 0.1) is 26.8 Å². The number of thiazole rings is 1. The maximum absolute atomic E-state index is 12.5. The van der Waals surface area contributed by atoms with Crippen molar-refractivity contribution >= 4 is 49.1 Å². The number of nitrogens with zero attached hydrogens (tertiary/aromatic N) is 1. The third kappa shape index (κ3) is 4.08. The first-order valence-corrected chi connectivity index (χ1v) is 10.3. The van der Waals surface area contributed by atoms with Gasteiger partial charge in [-0.15, -0.1) is 11.3 Å². The van der Waals surface area contributed by atoms with Gasteiger partial charge < -0.3 is 10.1 Å². The van der Waals surface area contributed by atoms with Crippen molar-refractivity contribution in [2.75, 3.05) is 12.4 Å². The van der Waals surface area contributed by atoms with Crippen molar-refractivity contribution in [1.29, 1.82) is 0 Å². The van der Waals surface area contributed by atoms with Crippen molar-refractivity contribution < 1.29 is 9.53 Å². The third-order valence-electron chi connectivity index (χ3n) is 4.32. The van der Waals surface area contributed by atoms with Crippen LogP contribution in [0.4, 0.5) is 5.69 Å². The molecule has 1 heterocycles. The molecule has 4 rings (SSSR count). The average molecular weight is 453 g/mol. The highest BCUT2D eigenvalue weighted by Crippen LogP contribution is 2.26. The van der Waals surface area contributed by atoms with Crippen LogP contribution in [-0.4, -0.2) is 18.0 Å². The SMILES string of the molecule is COc1ccc(C(=O)Nc2ccc(Cc3nc4ccccc4s3)cc2)cc1Br. The number of rotatable bonds is 5. The maximum atomic E-state index is 12.5. The summed E-state index contributed by atoms with van der Waals surface area (Å²) in [6.07, 6.45) is 0.777. The third-order valence-corrected chi connectivity index (χ3v) is 5.98. The number of fused-ring (bicyclic) bond motifs is 1. The summed E-state index contributed by atoms with van der Waals surface area (Å²) in [5, 5.41) is 4.01. The van der Waals surface area contributed by atoms with E-state index in [0.717, 1.165) is 32.7 Å². The standard InChI is InChI=1S/C22H17BrN2O2S/c1-27-19-11-8-15(13-17(19)23)22(26)24-16-9-6-14(7-10-16)12-21-25-18-4-2-3-5-20(18)28-21/h2-11,13H,12H2,1H3,(H,24,26). The van der Waals surface area contributed by atoms with Crippen molar-refractivity contribution in [1.82, 2.24) is 4.98 Å². The summed E-state index contributed by atoms with van der Waals surface area (Å²) in [6.45, 7) is 0. The van der Waals surface area contributed by atoms with Gasteiger partial charge in [0.2, 0.25) is 0 Å². The molecule has 0 radical (unpaired) electrons. The van der Waals surface area contributed by atoms with E-state index in [1.807, 2.05) is 42.5 Å². The Morgan fingerprint density at radius 3 is 2.61 bits per heavy atom. The number of aromatic nitrogens is 1. The van der Waals surface area contributed by atoms with Crippen molar-refractivity contribution in [3.63, 3.8) is 0 Å². The number of anilines is 1. The number of hydrogen-bond donors (Lipinski definition) is 1. The largest absolute Gasteiger partial charge is 0.496 e. The fourth-order valence-electron chi connectivity index (χ4n) is 2.89. The summed E-state index contributed by atoms with van der Waals surface area (Å²) in [5.74, 6) is 0.526. The molecule has 28 heavy (non-hydrogen) atoms. The van der Waals surface area contributed by atoms with E-state index < -0.39 is 0 Å². The average Bonchev–Trinajstić information content (AvgIpc) is 3.11. The van der Waals surface area contributed by atoms with Crippen LogP contribution in [-0.2, 0) is 6.42 Å². The van der Waals surface area contributed by atoms with Gasteiger partial charge in [-0.2, -0.15) is 0 Å². The summed E-state index contributed by atoms with van der Waals surface area (Å²) in [6, 6.07) is 21.3. The summed E-state index contributed by atoms with van der Waals surface area (Å²) >= 11 is 5.12. The van der Waals surface area contributed by atoms with Crippen LogP contribution < -0.4 is 10.1 Å². The van der Waals surface area contributed by atoms with Gasteiger partial charge in [-0.05, 0) is 64.0 Å². The van der Waals surface area contributed by atoms with Crippen molar-refractivity contribution in [2.45, 2.75) is 6.42 Å². The number of carbonyl (C=O) groups is 1. The number of ether oxygens (including phenoxy) is 1. The molecule has 1 aromatic heterocycles. The minimum atomic E-state index is -0.165. The minimum Gasteiger partial charge on any atom is -0.496 e. The molecule has 1 amide bonds. The van der Waals surface area contributed by atoms with Gasteiger partial charge >= 0.3 is 0 Å². The molecular formula is C22H17BrN2O2S. The number of halogens is 1. The zero-order valence-corrected chi connectivity index (χ0v) is 17.5. The second-order valence-electron chi connectivity index (χ2n) is 6.25. The van der Waals surface area contributed by atoms with E-state index in [9.17, 15) is 4.79 Å². The highest BCUT2D eigenvalue weighted by molar-refractivity contribution is 9.10. The number of methoxy groups -OCH3 is 1. The Labute approximate surface area is 175 Å². The minimum absolute atomic E-state index is 0.165. The van der Waals surface area contributed by atoms with Crippen LogP contribution in [0.1, 0.15) is 20.9 Å². The van der Waals surface area contributed by atoms with Gasteiger partial charge in [0.15, 0.2) is 0 Å². The predicted octanol–water partition coefficient (Wildman–Crippen LogP) is 5.91. The van der Waals surface area contributed by atoms with Crippen LogP contribution in [0, 0.1) is 0 Å². The number of para-hydroxylation sites is 1. The Morgan fingerprint density at radius 1 is 1.11 bits per heavy atom. The first kappa shape index (κ1) is 18.7. The predicted molar refractivity (Wildman–Crippen MR) is 118 cm³/mol. The van der Waals surface area contributed by atoms with Gasteiger partial charge in [0.25, 0.3) is 5.91 Å². The molecule has 0 bridgehead atoms. The Bertz CT molecular complexity index is 1110. The smallest absolute Gasteiger partial charge is 0.255 e. The molecule has 0 aliphatic rings. The topological polar surface area (TPSA) is 51.2 Å².